The molecule has 0 aliphatic carbocycles. The minimum atomic E-state index is -1.04. The number of aromatic nitrogens is 1. The molecule has 0 amide bonds. The quantitative estimate of drug-likeness (QED) is 0.863. The van der Waals surface area contributed by atoms with E-state index in [4.69, 9.17) is 5.11 Å². The van der Waals surface area contributed by atoms with Crippen LogP contribution >= 0.6 is 0 Å². The zero-order valence-electron chi connectivity index (χ0n) is 9.75. The summed E-state index contributed by atoms with van der Waals surface area (Å²) in [6.07, 6.45) is 1.40. The second-order valence-corrected chi connectivity index (χ2v) is 3.93. The Kier molecular flexibility index (Phi) is 3.91. The average molecular weight is 264 g/mol. The number of nitrogens with zero attached hydrogens (tertiary/aromatic N) is 2. The van der Waals surface area contributed by atoms with Crippen molar-refractivity contribution in [2.75, 3.05) is 0 Å². The lowest BCUT2D eigenvalue weighted by atomic mass is 10.0. The number of aliphatic hydroxyl groups excluding tert-OH is 1. The van der Waals surface area contributed by atoms with Gasteiger partial charge in [0.15, 0.2) is 17.7 Å². The molecule has 0 fully saturated rings. The largest absolute Gasteiger partial charge is 0.392 e. The van der Waals surface area contributed by atoms with Crippen LogP contribution in [0.15, 0.2) is 41.7 Å². The molecule has 2 aromatic rings. The van der Waals surface area contributed by atoms with Gasteiger partial charge in [0, 0.05) is 6.20 Å². The molecule has 1 aromatic heterocycles. The van der Waals surface area contributed by atoms with E-state index >= 15 is 0 Å². The lowest BCUT2D eigenvalue weighted by molar-refractivity contribution is 0.281. The number of rotatable bonds is 4. The van der Waals surface area contributed by atoms with Gasteiger partial charge in [0.05, 0.1) is 12.3 Å². The summed E-state index contributed by atoms with van der Waals surface area (Å²) in [6.45, 7) is -0.169. The van der Waals surface area contributed by atoms with E-state index in [0.717, 1.165) is 12.1 Å². The van der Waals surface area contributed by atoms with Crippen molar-refractivity contribution in [1.82, 2.24) is 4.98 Å². The Balaban J connectivity index is 2.37. The molecule has 1 heterocycles. The van der Waals surface area contributed by atoms with Crippen molar-refractivity contribution in [1.29, 1.82) is 0 Å². The van der Waals surface area contributed by atoms with Crippen molar-refractivity contribution in [2.45, 2.75) is 12.6 Å². The topological polar surface area (TPSA) is 62.5 Å². The fourth-order valence-electron chi connectivity index (χ4n) is 1.66. The summed E-state index contributed by atoms with van der Waals surface area (Å²) in [5.41, 5.74) is 1.11. The van der Waals surface area contributed by atoms with E-state index in [1.165, 1.54) is 18.3 Å². The zero-order valence-corrected chi connectivity index (χ0v) is 9.75. The molecule has 0 saturated heterocycles. The zero-order chi connectivity index (χ0) is 13.8. The Morgan fingerprint density at radius 3 is 2.53 bits per heavy atom. The van der Waals surface area contributed by atoms with Crippen LogP contribution in [0, 0.1) is 16.5 Å². The summed E-state index contributed by atoms with van der Waals surface area (Å²) in [4.78, 5) is 14.9. The number of nitroso groups, excluding NO2 is 1. The van der Waals surface area contributed by atoms with Gasteiger partial charge in [-0.05, 0) is 29.3 Å². The molecule has 4 nitrogen and oxygen atoms in total. The van der Waals surface area contributed by atoms with Crippen molar-refractivity contribution >= 4 is 0 Å². The fraction of sp³-hybridized carbons (Fsp3) is 0.154. The SMILES string of the molecule is O=NC(c1ccc(F)c(F)c1)c1ccc(CO)cn1. The van der Waals surface area contributed by atoms with Crippen LogP contribution in [0.25, 0.3) is 0 Å². The molecule has 1 aromatic carbocycles. The molecule has 98 valence electrons. The number of aliphatic hydroxyl groups is 1. The Morgan fingerprint density at radius 1 is 1.21 bits per heavy atom. The Morgan fingerprint density at radius 2 is 2.00 bits per heavy atom. The molecule has 6 heteroatoms. The van der Waals surface area contributed by atoms with E-state index in [0.29, 0.717) is 11.3 Å². The predicted molar refractivity (Wildman–Crippen MR) is 64.2 cm³/mol. The molecule has 0 aliphatic heterocycles. The highest BCUT2D eigenvalue weighted by Gasteiger charge is 2.17. The molecule has 0 bridgehead atoms. The van der Waals surface area contributed by atoms with Gasteiger partial charge >= 0.3 is 0 Å². The Labute approximate surface area is 107 Å². The first-order valence-corrected chi connectivity index (χ1v) is 5.49. The molecule has 2 rings (SSSR count). The minimum Gasteiger partial charge on any atom is -0.392 e. The molecular formula is C13H10F2N2O2. The third-order valence-electron chi connectivity index (χ3n) is 2.68. The van der Waals surface area contributed by atoms with Crippen LogP contribution in [0.2, 0.25) is 0 Å². The lowest BCUT2D eigenvalue weighted by Gasteiger charge is -2.09. The molecule has 0 saturated carbocycles. The molecule has 1 N–H and O–H groups in total. The molecule has 1 unspecified atom stereocenters. The van der Waals surface area contributed by atoms with Gasteiger partial charge in [-0.2, -0.15) is 0 Å². The van der Waals surface area contributed by atoms with Gasteiger partial charge < -0.3 is 5.11 Å². The van der Waals surface area contributed by atoms with Crippen LogP contribution in [0.4, 0.5) is 8.78 Å². The molecular weight excluding hydrogens is 254 g/mol. The highest BCUT2D eigenvalue weighted by molar-refractivity contribution is 5.29. The summed E-state index contributed by atoms with van der Waals surface area (Å²) in [7, 11) is 0. The summed E-state index contributed by atoms with van der Waals surface area (Å²) in [5.74, 6) is -2.03. The van der Waals surface area contributed by atoms with Gasteiger partial charge in [0.1, 0.15) is 0 Å². The number of hydrogen-bond acceptors (Lipinski definition) is 4. The fourth-order valence-corrected chi connectivity index (χ4v) is 1.66. The van der Waals surface area contributed by atoms with E-state index < -0.39 is 17.7 Å². The molecule has 0 spiro atoms. The van der Waals surface area contributed by atoms with Crippen LogP contribution in [-0.4, -0.2) is 10.1 Å². The third-order valence-corrected chi connectivity index (χ3v) is 2.68. The maximum absolute atomic E-state index is 13.1. The number of benzene rings is 1. The Bertz CT molecular complexity index is 588. The van der Waals surface area contributed by atoms with E-state index in [1.54, 1.807) is 6.07 Å². The maximum atomic E-state index is 13.1. The second-order valence-electron chi connectivity index (χ2n) is 3.93. The summed E-state index contributed by atoms with van der Waals surface area (Å²) in [6, 6.07) is 5.22. The Hall–Kier alpha value is -2.21. The third kappa shape index (κ3) is 2.79. The van der Waals surface area contributed by atoms with Crippen molar-refractivity contribution < 1.29 is 13.9 Å². The molecule has 19 heavy (non-hydrogen) atoms. The van der Waals surface area contributed by atoms with Crippen molar-refractivity contribution in [2.24, 2.45) is 5.18 Å². The standard InChI is InChI=1S/C13H10F2N2O2/c14-10-3-2-9(5-11(10)15)13(17-19)12-4-1-8(7-18)6-16-12/h1-6,13,18H,7H2. The van der Waals surface area contributed by atoms with Crippen molar-refractivity contribution in [3.8, 4) is 0 Å². The highest BCUT2D eigenvalue weighted by Crippen LogP contribution is 2.25. The first-order valence-electron chi connectivity index (χ1n) is 5.49. The van der Waals surface area contributed by atoms with E-state index in [1.807, 2.05) is 0 Å². The summed E-state index contributed by atoms with van der Waals surface area (Å²) in [5, 5.41) is 11.8. The highest BCUT2D eigenvalue weighted by atomic mass is 19.2. The smallest absolute Gasteiger partial charge is 0.159 e. The first kappa shape index (κ1) is 13.2. The summed E-state index contributed by atoms with van der Waals surface area (Å²) < 4.78 is 26.0. The number of halogens is 2. The van der Waals surface area contributed by atoms with Crippen molar-refractivity contribution in [3.63, 3.8) is 0 Å². The second kappa shape index (κ2) is 5.62. The van der Waals surface area contributed by atoms with Gasteiger partial charge in [-0.15, -0.1) is 4.91 Å². The van der Waals surface area contributed by atoms with Gasteiger partial charge in [-0.25, -0.2) is 8.78 Å². The van der Waals surface area contributed by atoms with Gasteiger partial charge in [0.25, 0.3) is 0 Å². The van der Waals surface area contributed by atoms with E-state index in [2.05, 4.69) is 10.2 Å². The minimum absolute atomic E-state index is 0.169. The monoisotopic (exact) mass is 264 g/mol. The molecule has 1 atom stereocenters. The van der Waals surface area contributed by atoms with Crippen LogP contribution < -0.4 is 0 Å². The normalized spacial score (nSPS) is 12.2. The van der Waals surface area contributed by atoms with Crippen LogP contribution in [0.5, 0.6) is 0 Å². The maximum Gasteiger partial charge on any atom is 0.159 e. The van der Waals surface area contributed by atoms with Gasteiger partial charge in [-0.1, -0.05) is 17.3 Å². The number of pyridine rings is 1. The van der Waals surface area contributed by atoms with E-state index in [-0.39, 0.29) is 12.2 Å². The molecule has 0 radical (unpaired) electrons. The van der Waals surface area contributed by atoms with Gasteiger partial charge in [0.2, 0.25) is 0 Å². The molecule has 0 aliphatic rings. The first-order chi connectivity index (χ1) is 9.15. The van der Waals surface area contributed by atoms with Crippen LogP contribution in [0.1, 0.15) is 22.9 Å². The van der Waals surface area contributed by atoms with Crippen LogP contribution in [0.3, 0.4) is 0 Å². The van der Waals surface area contributed by atoms with Crippen LogP contribution in [-0.2, 0) is 6.61 Å². The number of hydrogen-bond donors (Lipinski definition) is 1. The average Bonchev–Trinajstić information content (AvgIpc) is 2.44. The van der Waals surface area contributed by atoms with E-state index in [9.17, 15) is 13.7 Å². The van der Waals surface area contributed by atoms with Crippen molar-refractivity contribution in [3.05, 3.63) is 69.9 Å². The summed E-state index contributed by atoms with van der Waals surface area (Å²) >= 11 is 0. The predicted octanol–water partition coefficient (Wildman–Crippen LogP) is 2.71. The lowest BCUT2D eigenvalue weighted by Crippen LogP contribution is -2.02. The van der Waals surface area contributed by atoms with Gasteiger partial charge in [-0.3, -0.25) is 4.98 Å².